The first-order valence-electron chi connectivity index (χ1n) is 4.42. The van der Waals surface area contributed by atoms with E-state index in [0.29, 0.717) is 5.56 Å². The van der Waals surface area contributed by atoms with E-state index in [2.05, 4.69) is 37.2 Å². The van der Waals surface area contributed by atoms with Gasteiger partial charge in [0.25, 0.3) is 5.91 Å². The molecule has 1 atom stereocenters. The molecule has 0 aliphatic heterocycles. The summed E-state index contributed by atoms with van der Waals surface area (Å²) < 4.78 is 1.57. The lowest BCUT2D eigenvalue weighted by atomic mass is 10.2. The Labute approximate surface area is 105 Å². The highest BCUT2D eigenvalue weighted by Gasteiger charge is 2.10. The third-order valence-electron chi connectivity index (χ3n) is 1.73. The molecule has 1 amide bonds. The van der Waals surface area contributed by atoms with E-state index in [4.69, 9.17) is 5.11 Å². The van der Waals surface area contributed by atoms with Gasteiger partial charge in [0.2, 0.25) is 0 Å². The molecule has 0 saturated heterocycles. The predicted octanol–water partition coefficient (Wildman–Crippen LogP) is 2.32. The van der Waals surface area contributed by atoms with Gasteiger partial charge in [0, 0.05) is 15.5 Å². The molecule has 2 N–H and O–H groups in total. The average Bonchev–Trinajstić information content (AvgIpc) is 2.18. The number of carbonyl (C=O) groups excluding carboxylic acids is 1. The van der Waals surface area contributed by atoms with Gasteiger partial charge in [-0.2, -0.15) is 0 Å². The third kappa shape index (κ3) is 3.93. The number of rotatable bonds is 3. The lowest BCUT2D eigenvalue weighted by molar-refractivity contribution is 0.0923. The molecule has 1 rings (SSSR count). The fourth-order valence-electron chi connectivity index (χ4n) is 1.01. The van der Waals surface area contributed by atoms with Gasteiger partial charge in [0.05, 0.1) is 11.7 Å². The van der Waals surface area contributed by atoms with Gasteiger partial charge in [-0.15, -0.1) is 0 Å². The molecule has 0 bridgehead atoms. The molecule has 0 aromatic heterocycles. The highest BCUT2D eigenvalue weighted by atomic mass is 79.9. The number of carbonyl (C=O) groups is 1. The predicted molar refractivity (Wildman–Crippen MR) is 65.9 cm³/mol. The molecule has 1 aromatic rings. The fraction of sp³-hybridized carbons (Fsp3) is 0.300. The summed E-state index contributed by atoms with van der Waals surface area (Å²) in [4.78, 5) is 11.6. The van der Waals surface area contributed by atoms with Crippen LogP contribution >= 0.6 is 31.9 Å². The van der Waals surface area contributed by atoms with E-state index in [-0.39, 0.29) is 12.5 Å². The van der Waals surface area contributed by atoms with E-state index in [1.165, 1.54) is 0 Å². The number of aliphatic hydroxyl groups is 1. The second kappa shape index (κ2) is 5.63. The van der Waals surface area contributed by atoms with Gasteiger partial charge in [-0.1, -0.05) is 15.9 Å². The molecular formula is C10H11Br2NO2. The Hall–Kier alpha value is -0.390. The van der Waals surface area contributed by atoms with Crippen LogP contribution in [0.3, 0.4) is 0 Å². The van der Waals surface area contributed by atoms with E-state index < -0.39 is 6.10 Å². The standard InChI is InChI=1S/C10H11Br2NO2/c1-6(14)5-13-10(15)8-4-7(11)2-3-9(8)12/h2-4,6,14H,5H2,1H3,(H,13,15)/t6-/m1/s1. The Bertz CT molecular complexity index is 366. The molecule has 0 fully saturated rings. The SMILES string of the molecule is C[C@@H](O)CNC(=O)c1cc(Br)ccc1Br. The second-order valence-corrected chi connectivity index (χ2v) is 4.95. The van der Waals surface area contributed by atoms with Crippen molar-refractivity contribution in [2.45, 2.75) is 13.0 Å². The molecule has 0 aliphatic carbocycles. The molecular weight excluding hydrogens is 326 g/mol. The molecule has 0 unspecified atom stereocenters. The molecule has 3 nitrogen and oxygen atoms in total. The van der Waals surface area contributed by atoms with Crippen LogP contribution in [0.15, 0.2) is 27.1 Å². The van der Waals surface area contributed by atoms with Crippen molar-refractivity contribution in [1.82, 2.24) is 5.32 Å². The van der Waals surface area contributed by atoms with Crippen molar-refractivity contribution in [3.63, 3.8) is 0 Å². The van der Waals surface area contributed by atoms with Crippen LogP contribution in [0.1, 0.15) is 17.3 Å². The fourth-order valence-corrected chi connectivity index (χ4v) is 1.79. The summed E-state index contributed by atoms with van der Waals surface area (Å²) in [5.41, 5.74) is 0.546. The van der Waals surface area contributed by atoms with Crippen LogP contribution < -0.4 is 5.32 Å². The van der Waals surface area contributed by atoms with Crippen molar-refractivity contribution in [3.8, 4) is 0 Å². The summed E-state index contributed by atoms with van der Waals surface area (Å²) in [5, 5.41) is 11.7. The van der Waals surface area contributed by atoms with Gasteiger partial charge in [-0.25, -0.2) is 0 Å². The van der Waals surface area contributed by atoms with Crippen molar-refractivity contribution in [3.05, 3.63) is 32.7 Å². The monoisotopic (exact) mass is 335 g/mol. The highest BCUT2D eigenvalue weighted by Crippen LogP contribution is 2.21. The van der Waals surface area contributed by atoms with Gasteiger partial charge < -0.3 is 10.4 Å². The van der Waals surface area contributed by atoms with Crippen molar-refractivity contribution in [1.29, 1.82) is 0 Å². The first kappa shape index (κ1) is 12.7. The third-order valence-corrected chi connectivity index (χ3v) is 2.92. The normalized spacial score (nSPS) is 12.3. The summed E-state index contributed by atoms with van der Waals surface area (Å²) in [5.74, 6) is -0.205. The largest absolute Gasteiger partial charge is 0.392 e. The van der Waals surface area contributed by atoms with Crippen LogP contribution in [0.4, 0.5) is 0 Å². The van der Waals surface area contributed by atoms with E-state index in [1.54, 1.807) is 19.1 Å². The minimum Gasteiger partial charge on any atom is -0.392 e. The first-order valence-corrected chi connectivity index (χ1v) is 6.00. The zero-order valence-electron chi connectivity index (χ0n) is 8.13. The summed E-state index contributed by atoms with van der Waals surface area (Å²) >= 11 is 6.59. The van der Waals surface area contributed by atoms with E-state index >= 15 is 0 Å². The Morgan fingerprint density at radius 1 is 1.53 bits per heavy atom. The maximum atomic E-state index is 11.6. The van der Waals surface area contributed by atoms with Crippen molar-refractivity contribution >= 4 is 37.8 Å². The quantitative estimate of drug-likeness (QED) is 0.890. The molecule has 0 spiro atoms. The topological polar surface area (TPSA) is 49.3 Å². The molecule has 0 heterocycles. The van der Waals surface area contributed by atoms with Crippen LogP contribution in [0.5, 0.6) is 0 Å². The smallest absolute Gasteiger partial charge is 0.252 e. The summed E-state index contributed by atoms with van der Waals surface area (Å²) in [6.45, 7) is 1.87. The van der Waals surface area contributed by atoms with Crippen molar-refractivity contribution < 1.29 is 9.90 Å². The molecule has 15 heavy (non-hydrogen) atoms. The molecule has 0 radical (unpaired) electrons. The number of hydrogen-bond acceptors (Lipinski definition) is 2. The zero-order valence-corrected chi connectivity index (χ0v) is 11.3. The van der Waals surface area contributed by atoms with Gasteiger partial charge >= 0.3 is 0 Å². The highest BCUT2D eigenvalue weighted by molar-refractivity contribution is 9.11. The van der Waals surface area contributed by atoms with Crippen LogP contribution in [-0.2, 0) is 0 Å². The van der Waals surface area contributed by atoms with Crippen LogP contribution in [0, 0.1) is 0 Å². The maximum absolute atomic E-state index is 11.6. The average molecular weight is 337 g/mol. The van der Waals surface area contributed by atoms with Gasteiger partial charge in [0.15, 0.2) is 0 Å². The molecule has 0 aliphatic rings. The number of amides is 1. The number of aliphatic hydroxyl groups excluding tert-OH is 1. The molecule has 82 valence electrons. The van der Waals surface area contributed by atoms with Gasteiger partial charge in [-0.3, -0.25) is 4.79 Å². The minimum absolute atomic E-state index is 0.205. The Kier molecular flexibility index (Phi) is 4.76. The van der Waals surface area contributed by atoms with Crippen molar-refractivity contribution in [2.24, 2.45) is 0 Å². The second-order valence-electron chi connectivity index (χ2n) is 3.18. The van der Waals surface area contributed by atoms with E-state index in [0.717, 1.165) is 8.95 Å². The Morgan fingerprint density at radius 3 is 2.80 bits per heavy atom. The number of benzene rings is 1. The lowest BCUT2D eigenvalue weighted by Gasteiger charge is -2.08. The molecule has 5 heteroatoms. The van der Waals surface area contributed by atoms with Crippen LogP contribution in [-0.4, -0.2) is 23.7 Å². The number of hydrogen-bond donors (Lipinski definition) is 2. The zero-order chi connectivity index (χ0) is 11.4. The first-order chi connectivity index (χ1) is 7.00. The summed E-state index contributed by atoms with van der Waals surface area (Å²) in [6.07, 6.45) is -0.542. The Balaban J connectivity index is 2.77. The maximum Gasteiger partial charge on any atom is 0.252 e. The minimum atomic E-state index is -0.542. The van der Waals surface area contributed by atoms with Crippen molar-refractivity contribution in [2.75, 3.05) is 6.54 Å². The lowest BCUT2D eigenvalue weighted by Crippen LogP contribution is -2.30. The van der Waals surface area contributed by atoms with Gasteiger partial charge in [0.1, 0.15) is 0 Å². The van der Waals surface area contributed by atoms with E-state index in [1.807, 2.05) is 6.07 Å². The van der Waals surface area contributed by atoms with Gasteiger partial charge in [-0.05, 0) is 41.1 Å². The number of nitrogens with one attached hydrogen (secondary N) is 1. The summed E-state index contributed by atoms with van der Waals surface area (Å²) in [6, 6.07) is 5.36. The van der Waals surface area contributed by atoms with Crippen LogP contribution in [0.2, 0.25) is 0 Å². The Morgan fingerprint density at radius 2 is 2.20 bits per heavy atom. The molecule has 0 saturated carbocycles. The molecule has 1 aromatic carbocycles. The summed E-state index contributed by atoms with van der Waals surface area (Å²) in [7, 11) is 0. The number of halogens is 2. The van der Waals surface area contributed by atoms with E-state index in [9.17, 15) is 4.79 Å². The van der Waals surface area contributed by atoms with Crippen LogP contribution in [0.25, 0.3) is 0 Å².